The number of hydrogen-bond donors (Lipinski definition) is 2. The van der Waals surface area contributed by atoms with Crippen molar-refractivity contribution in [1.29, 1.82) is 0 Å². The molecule has 1 aromatic heterocycles. The van der Waals surface area contributed by atoms with Gasteiger partial charge in [-0.15, -0.1) is 0 Å². The van der Waals surface area contributed by atoms with Crippen LogP contribution in [0.4, 0.5) is 23.9 Å². The van der Waals surface area contributed by atoms with E-state index in [1.54, 1.807) is 4.90 Å². The van der Waals surface area contributed by atoms with Crippen molar-refractivity contribution in [3.05, 3.63) is 18.0 Å². The predicted molar refractivity (Wildman–Crippen MR) is 64.9 cm³/mol. The van der Waals surface area contributed by atoms with Crippen LogP contribution >= 0.6 is 0 Å². The van der Waals surface area contributed by atoms with Crippen molar-refractivity contribution in [2.24, 2.45) is 0 Å². The van der Waals surface area contributed by atoms with Gasteiger partial charge in [0.1, 0.15) is 0 Å². The lowest BCUT2D eigenvalue weighted by Gasteiger charge is -2.39. The largest absolute Gasteiger partial charge is 0.465 e. The number of aromatic nitrogens is 2. The number of halogens is 3. The molecular formula is C11H13F3N4O3. The van der Waals surface area contributed by atoms with E-state index in [1.165, 1.54) is 0 Å². The quantitative estimate of drug-likeness (QED) is 0.834. The molecule has 2 heterocycles. The molecule has 2 N–H and O–H groups in total. The molecule has 0 unspecified atom stereocenters. The summed E-state index contributed by atoms with van der Waals surface area (Å²) in [7, 11) is 0. The molecule has 1 saturated heterocycles. The smallest absolute Gasteiger partial charge is 0.419 e. The number of aliphatic hydroxyl groups is 1. The molecule has 7 nitrogen and oxygen atoms in total. The number of rotatable bonds is 2. The molecule has 116 valence electrons. The second-order valence-electron chi connectivity index (χ2n) is 4.53. The number of alkyl halides is 3. The van der Waals surface area contributed by atoms with Crippen molar-refractivity contribution in [2.45, 2.75) is 12.2 Å². The molecule has 0 saturated carbocycles. The summed E-state index contributed by atoms with van der Waals surface area (Å²) in [5.74, 6) is 0.0755. The maximum atomic E-state index is 12.4. The fraction of sp³-hybridized carbons (Fsp3) is 0.545. The number of amides is 1. The monoisotopic (exact) mass is 306 g/mol. The van der Waals surface area contributed by atoms with Crippen LogP contribution in [-0.4, -0.2) is 63.5 Å². The van der Waals surface area contributed by atoms with Gasteiger partial charge < -0.3 is 15.1 Å². The fourth-order valence-corrected chi connectivity index (χ4v) is 2.08. The second-order valence-corrected chi connectivity index (χ2v) is 4.53. The van der Waals surface area contributed by atoms with E-state index in [0.717, 1.165) is 4.90 Å². The minimum atomic E-state index is -4.51. The van der Waals surface area contributed by atoms with Gasteiger partial charge in [0.2, 0.25) is 5.95 Å². The van der Waals surface area contributed by atoms with Crippen LogP contribution in [0.3, 0.4) is 0 Å². The lowest BCUT2D eigenvalue weighted by Crippen LogP contribution is -2.56. The maximum Gasteiger partial charge on any atom is 0.419 e. The van der Waals surface area contributed by atoms with Crippen molar-refractivity contribution >= 4 is 12.0 Å². The summed E-state index contributed by atoms with van der Waals surface area (Å²) in [5.41, 5.74) is -0.950. The van der Waals surface area contributed by atoms with Gasteiger partial charge in [0, 0.05) is 32.0 Å². The van der Waals surface area contributed by atoms with Crippen LogP contribution in [0.15, 0.2) is 12.4 Å². The molecule has 0 aromatic carbocycles. The van der Waals surface area contributed by atoms with E-state index in [2.05, 4.69) is 9.97 Å². The Kier molecular flexibility index (Phi) is 4.16. The van der Waals surface area contributed by atoms with E-state index in [1.807, 2.05) is 0 Å². The third-order valence-corrected chi connectivity index (χ3v) is 3.19. The van der Waals surface area contributed by atoms with Crippen LogP contribution in [0.1, 0.15) is 5.56 Å². The highest BCUT2D eigenvalue weighted by Crippen LogP contribution is 2.28. The molecule has 1 fully saturated rings. The summed E-state index contributed by atoms with van der Waals surface area (Å²) in [6.07, 6.45) is -4.30. The van der Waals surface area contributed by atoms with Gasteiger partial charge in [-0.05, 0) is 0 Å². The number of nitrogens with zero attached hydrogens (tertiary/aromatic N) is 4. The van der Waals surface area contributed by atoms with Crippen LogP contribution in [0.25, 0.3) is 0 Å². The molecule has 0 radical (unpaired) electrons. The predicted octanol–water partition coefficient (Wildman–Crippen LogP) is 0.656. The molecule has 1 atom stereocenters. The standard InChI is InChI=1S/C11H13F3N4O3/c12-11(13,14)7-3-15-9(16-4-7)17-1-2-18(10(20)21)8(5-17)6-19/h3-4,8,19H,1-2,5-6H2,(H,20,21)/t8-/m1/s1. The van der Waals surface area contributed by atoms with Gasteiger partial charge in [0.05, 0.1) is 18.2 Å². The highest BCUT2D eigenvalue weighted by atomic mass is 19.4. The summed E-state index contributed by atoms with van der Waals surface area (Å²) < 4.78 is 37.3. The fourth-order valence-electron chi connectivity index (χ4n) is 2.08. The Morgan fingerprint density at radius 3 is 2.43 bits per heavy atom. The average Bonchev–Trinajstić information content (AvgIpc) is 2.45. The summed E-state index contributed by atoms with van der Waals surface area (Å²) in [6.45, 7) is 0.0940. The first-order chi connectivity index (χ1) is 9.82. The van der Waals surface area contributed by atoms with Crippen molar-refractivity contribution in [3.63, 3.8) is 0 Å². The zero-order chi connectivity index (χ0) is 15.6. The highest BCUT2D eigenvalue weighted by Gasteiger charge is 2.33. The Morgan fingerprint density at radius 2 is 1.95 bits per heavy atom. The van der Waals surface area contributed by atoms with Gasteiger partial charge in [-0.2, -0.15) is 13.2 Å². The zero-order valence-corrected chi connectivity index (χ0v) is 10.8. The molecule has 2 rings (SSSR count). The van der Waals surface area contributed by atoms with E-state index in [0.29, 0.717) is 12.4 Å². The number of anilines is 1. The molecule has 0 spiro atoms. The molecule has 1 aromatic rings. The van der Waals surface area contributed by atoms with Crippen LogP contribution in [-0.2, 0) is 6.18 Å². The SMILES string of the molecule is O=C(O)N1CCN(c2ncc(C(F)(F)F)cn2)C[C@@H]1CO. The first-order valence-electron chi connectivity index (χ1n) is 6.07. The van der Waals surface area contributed by atoms with Crippen LogP contribution < -0.4 is 4.90 Å². The van der Waals surface area contributed by atoms with Crippen molar-refractivity contribution < 1.29 is 28.2 Å². The number of carboxylic acid groups (broad SMARTS) is 1. The second kappa shape index (κ2) is 5.72. The van der Waals surface area contributed by atoms with E-state index in [-0.39, 0.29) is 32.2 Å². The molecule has 0 aliphatic carbocycles. The summed E-state index contributed by atoms with van der Waals surface area (Å²) in [5, 5.41) is 18.2. The lowest BCUT2D eigenvalue weighted by atomic mass is 10.2. The summed E-state index contributed by atoms with van der Waals surface area (Å²) in [4.78, 5) is 20.9. The van der Waals surface area contributed by atoms with Crippen molar-refractivity contribution in [1.82, 2.24) is 14.9 Å². The lowest BCUT2D eigenvalue weighted by molar-refractivity contribution is -0.138. The Labute approximate surface area is 117 Å². The van der Waals surface area contributed by atoms with Crippen molar-refractivity contribution in [2.75, 3.05) is 31.1 Å². The third kappa shape index (κ3) is 3.32. The molecule has 1 aliphatic rings. The van der Waals surface area contributed by atoms with E-state index in [4.69, 9.17) is 5.11 Å². The number of hydrogen-bond acceptors (Lipinski definition) is 5. The van der Waals surface area contributed by atoms with Gasteiger partial charge in [-0.1, -0.05) is 0 Å². The van der Waals surface area contributed by atoms with Gasteiger partial charge in [-0.3, -0.25) is 4.90 Å². The van der Waals surface area contributed by atoms with E-state index < -0.39 is 23.9 Å². The van der Waals surface area contributed by atoms with E-state index >= 15 is 0 Å². The summed E-state index contributed by atoms with van der Waals surface area (Å²) >= 11 is 0. The third-order valence-electron chi connectivity index (χ3n) is 3.19. The number of aliphatic hydroxyl groups excluding tert-OH is 1. The molecule has 0 bridgehead atoms. The van der Waals surface area contributed by atoms with Crippen LogP contribution in [0.2, 0.25) is 0 Å². The molecule has 10 heteroatoms. The molecular weight excluding hydrogens is 293 g/mol. The number of piperazine rings is 1. The average molecular weight is 306 g/mol. The highest BCUT2D eigenvalue weighted by molar-refractivity contribution is 5.66. The van der Waals surface area contributed by atoms with Crippen molar-refractivity contribution in [3.8, 4) is 0 Å². The Bertz CT molecular complexity index is 508. The van der Waals surface area contributed by atoms with Gasteiger partial charge in [0.25, 0.3) is 0 Å². The Hall–Kier alpha value is -2.10. The van der Waals surface area contributed by atoms with Gasteiger partial charge in [0.15, 0.2) is 0 Å². The van der Waals surface area contributed by atoms with Gasteiger partial charge in [-0.25, -0.2) is 14.8 Å². The minimum absolute atomic E-state index is 0.0755. The topological polar surface area (TPSA) is 89.8 Å². The Morgan fingerprint density at radius 1 is 1.33 bits per heavy atom. The maximum absolute atomic E-state index is 12.4. The normalized spacial score (nSPS) is 19.7. The first kappa shape index (κ1) is 15.3. The first-order valence-corrected chi connectivity index (χ1v) is 6.07. The molecule has 21 heavy (non-hydrogen) atoms. The van der Waals surface area contributed by atoms with E-state index in [9.17, 15) is 23.1 Å². The Balaban J connectivity index is 2.11. The number of carbonyl (C=O) groups is 1. The zero-order valence-electron chi connectivity index (χ0n) is 10.8. The molecule has 1 aliphatic heterocycles. The van der Waals surface area contributed by atoms with Crippen LogP contribution in [0, 0.1) is 0 Å². The minimum Gasteiger partial charge on any atom is -0.465 e. The molecule has 1 amide bonds. The van der Waals surface area contributed by atoms with Crippen LogP contribution in [0.5, 0.6) is 0 Å². The summed E-state index contributed by atoms with van der Waals surface area (Å²) in [6, 6.07) is -0.665. The van der Waals surface area contributed by atoms with Gasteiger partial charge >= 0.3 is 12.3 Å².